The van der Waals surface area contributed by atoms with Crippen molar-refractivity contribution in [2.45, 2.75) is 24.9 Å². The first-order valence-electron chi connectivity index (χ1n) is 13.6. The van der Waals surface area contributed by atoms with Gasteiger partial charge in [-0.25, -0.2) is 0 Å². The molecule has 0 saturated heterocycles. The van der Waals surface area contributed by atoms with Gasteiger partial charge in [0.05, 0.1) is 17.0 Å². The third kappa shape index (κ3) is 4.28. The number of rotatable bonds is 4. The van der Waals surface area contributed by atoms with Crippen molar-refractivity contribution in [1.82, 2.24) is 0 Å². The average Bonchev–Trinajstić information content (AvgIpc) is 3.35. The molecule has 9 nitrogen and oxygen atoms in total. The summed E-state index contributed by atoms with van der Waals surface area (Å²) in [5, 5.41) is 63.9. The fourth-order valence-corrected chi connectivity index (χ4v) is 6.44. The summed E-state index contributed by atoms with van der Waals surface area (Å²) in [5.74, 6) is -2.46. The predicted molar refractivity (Wildman–Crippen MR) is 157 cm³/mol. The SMILES string of the molecule is C[C@@]12C=C(c3c(O)cc(-c4cc5ccc(O)cc5o4)cc3O)[C@@H](C(=O)c3ccc(O)cc3O)[C@@H](C1)c1ccc(O)cc1O2. The van der Waals surface area contributed by atoms with Crippen LogP contribution in [0.1, 0.15) is 40.7 Å². The molecule has 9 heteroatoms. The van der Waals surface area contributed by atoms with Crippen molar-refractivity contribution in [1.29, 1.82) is 0 Å². The maximum atomic E-state index is 14.3. The third-order valence-corrected chi connectivity index (χ3v) is 8.27. The van der Waals surface area contributed by atoms with Gasteiger partial charge in [-0.3, -0.25) is 4.79 Å². The summed E-state index contributed by atoms with van der Waals surface area (Å²) in [6, 6.07) is 17.6. The lowest BCUT2D eigenvalue weighted by atomic mass is 9.64. The van der Waals surface area contributed by atoms with Gasteiger partial charge in [0, 0.05) is 35.1 Å². The van der Waals surface area contributed by atoms with Gasteiger partial charge in [-0.15, -0.1) is 0 Å². The molecule has 3 atom stereocenters. The number of hydrogen-bond donors (Lipinski definition) is 6. The lowest BCUT2D eigenvalue weighted by Crippen LogP contribution is -2.44. The predicted octanol–water partition coefficient (Wildman–Crippen LogP) is 6.55. The van der Waals surface area contributed by atoms with E-state index in [4.69, 9.17) is 9.15 Å². The van der Waals surface area contributed by atoms with Crippen LogP contribution in [0.5, 0.6) is 40.2 Å². The van der Waals surface area contributed by atoms with Crippen molar-refractivity contribution in [3.8, 4) is 51.6 Å². The largest absolute Gasteiger partial charge is 0.508 e. The zero-order valence-corrected chi connectivity index (χ0v) is 22.8. The topological polar surface area (TPSA) is 161 Å². The molecule has 0 saturated carbocycles. The van der Waals surface area contributed by atoms with Gasteiger partial charge in [-0.2, -0.15) is 0 Å². The van der Waals surface area contributed by atoms with Crippen LogP contribution in [-0.2, 0) is 0 Å². The second-order valence-corrected chi connectivity index (χ2v) is 11.3. The molecule has 2 heterocycles. The van der Waals surface area contributed by atoms with E-state index >= 15 is 0 Å². The van der Waals surface area contributed by atoms with Gasteiger partial charge in [0.1, 0.15) is 57.2 Å². The summed E-state index contributed by atoms with van der Waals surface area (Å²) in [7, 11) is 0. The molecular weight excluding hydrogens is 552 g/mol. The Labute approximate surface area is 244 Å². The Balaban J connectivity index is 1.40. The minimum atomic E-state index is -0.993. The molecule has 1 aliphatic carbocycles. The molecule has 43 heavy (non-hydrogen) atoms. The van der Waals surface area contributed by atoms with E-state index in [0.29, 0.717) is 45.6 Å². The third-order valence-electron chi connectivity index (χ3n) is 8.27. The Bertz CT molecular complexity index is 1980. The number of allylic oxidation sites excluding steroid dienone is 1. The van der Waals surface area contributed by atoms with Crippen molar-refractivity contribution in [2.75, 3.05) is 0 Å². The zero-order valence-electron chi connectivity index (χ0n) is 22.8. The first-order chi connectivity index (χ1) is 20.5. The standard InChI is InChI=1S/C34H26O9/c1-34-14-23(21-6-4-20(37)13-30(21)43-34)31(33(41)22-7-5-18(35)11-25(22)38)24(15-34)32-26(39)8-17(9-27(32)40)28-10-16-2-3-19(36)12-29(16)42-28/h2-13,15,23,31,35-40H,14H2,1H3/t23-,31-,34-/m0/s1. The van der Waals surface area contributed by atoms with Gasteiger partial charge >= 0.3 is 0 Å². The number of carbonyl (C=O) groups is 1. The lowest BCUT2D eigenvalue weighted by molar-refractivity contribution is 0.0729. The minimum Gasteiger partial charge on any atom is -0.508 e. The van der Waals surface area contributed by atoms with Crippen LogP contribution in [0.2, 0.25) is 0 Å². The summed E-state index contributed by atoms with van der Waals surface area (Å²) in [6.45, 7) is 1.82. The molecule has 2 bridgehead atoms. The Hall–Kier alpha value is -5.57. The molecule has 0 amide bonds. The van der Waals surface area contributed by atoms with Crippen LogP contribution in [0.3, 0.4) is 0 Å². The van der Waals surface area contributed by atoms with Crippen LogP contribution in [-0.4, -0.2) is 42.0 Å². The smallest absolute Gasteiger partial charge is 0.174 e. The number of furan rings is 1. The average molecular weight is 579 g/mol. The number of phenols is 6. The maximum Gasteiger partial charge on any atom is 0.174 e. The highest BCUT2D eigenvalue weighted by Gasteiger charge is 2.49. The number of carbonyl (C=O) groups excluding carboxylic acids is 1. The van der Waals surface area contributed by atoms with E-state index in [-0.39, 0.29) is 39.9 Å². The summed E-state index contributed by atoms with van der Waals surface area (Å²) >= 11 is 0. The summed E-state index contributed by atoms with van der Waals surface area (Å²) in [4.78, 5) is 14.3. The Morgan fingerprint density at radius 3 is 2.21 bits per heavy atom. The molecule has 1 aromatic heterocycles. The van der Waals surface area contributed by atoms with Gasteiger partial charge in [0.2, 0.25) is 0 Å². The van der Waals surface area contributed by atoms with Crippen LogP contribution in [0.25, 0.3) is 27.9 Å². The number of ether oxygens (including phenoxy) is 1. The highest BCUT2D eigenvalue weighted by molar-refractivity contribution is 6.08. The van der Waals surface area contributed by atoms with E-state index in [1.807, 2.05) is 6.92 Å². The van der Waals surface area contributed by atoms with E-state index in [9.17, 15) is 35.4 Å². The zero-order chi connectivity index (χ0) is 30.2. The van der Waals surface area contributed by atoms with Crippen LogP contribution >= 0.6 is 0 Å². The monoisotopic (exact) mass is 578 g/mol. The van der Waals surface area contributed by atoms with Crippen LogP contribution in [0, 0.1) is 5.92 Å². The first kappa shape index (κ1) is 26.3. The van der Waals surface area contributed by atoms with Crippen molar-refractivity contribution in [2.24, 2.45) is 5.92 Å². The Kier molecular flexibility index (Phi) is 5.65. The second kappa shape index (κ2) is 9.22. The molecule has 0 unspecified atom stereocenters. The molecule has 5 aromatic rings. The minimum absolute atomic E-state index is 0.00254. The van der Waals surface area contributed by atoms with Gasteiger partial charge in [0.15, 0.2) is 5.78 Å². The quantitative estimate of drug-likeness (QED) is 0.130. The van der Waals surface area contributed by atoms with Crippen molar-refractivity contribution >= 4 is 22.3 Å². The fourth-order valence-electron chi connectivity index (χ4n) is 6.44. The highest BCUT2D eigenvalue weighted by atomic mass is 16.5. The van der Waals surface area contributed by atoms with E-state index < -0.39 is 29.0 Å². The van der Waals surface area contributed by atoms with Crippen LogP contribution in [0.4, 0.5) is 0 Å². The van der Waals surface area contributed by atoms with E-state index in [1.54, 1.807) is 24.3 Å². The highest BCUT2D eigenvalue weighted by Crippen LogP contribution is 2.57. The van der Waals surface area contributed by atoms with Gasteiger partial charge in [-0.1, -0.05) is 6.07 Å². The summed E-state index contributed by atoms with van der Waals surface area (Å²) in [5.41, 5.74) is 0.765. The van der Waals surface area contributed by atoms with E-state index in [2.05, 4.69) is 0 Å². The van der Waals surface area contributed by atoms with E-state index in [0.717, 1.165) is 6.07 Å². The summed E-state index contributed by atoms with van der Waals surface area (Å²) < 4.78 is 12.1. The van der Waals surface area contributed by atoms with Crippen molar-refractivity contribution < 1.29 is 44.6 Å². The molecule has 0 fully saturated rings. The fraction of sp³-hybridized carbons (Fsp3) is 0.147. The van der Waals surface area contributed by atoms with Gasteiger partial charge in [0.25, 0.3) is 0 Å². The number of Topliss-reactive ketones (excluding diaryl/α,β-unsaturated/α-hetero) is 1. The van der Waals surface area contributed by atoms with Crippen LogP contribution in [0.15, 0.2) is 83.3 Å². The molecule has 2 aliphatic rings. The van der Waals surface area contributed by atoms with Gasteiger partial charge in [-0.05, 0) is 79.1 Å². The number of hydrogen-bond acceptors (Lipinski definition) is 9. The molecule has 0 spiro atoms. The molecule has 0 radical (unpaired) electrons. The van der Waals surface area contributed by atoms with Gasteiger partial charge < -0.3 is 39.8 Å². The first-order valence-corrected chi connectivity index (χ1v) is 13.6. The van der Waals surface area contributed by atoms with Crippen molar-refractivity contribution in [3.05, 3.63) is 95.6 Å². The number of phenolic OH excluding ortho intramolecular Hbond substituents is 6. The maximum absolute atomic E-state index is 14.3. The number of fused-ring (bicyclic) bond motifs is 5. The molecule has 1 aliphatic heterocycles. The molecule has 216 valence electrons. The molecule has 4 aromatic carbocycles. The lowest BCUT2D eigenvalue weighted by Gasteiger charge is -2.46. The number of ketones is 1. The Morgan fingerprint density at radius 1 is 0.791 bits per heavy atom. The normalized spacial score (nSPS) is 20.7. The Morgan fingerprint density at radius 2 is 1.47 bits per heavy atom. The van der Waals surface area contributed by atoms with Crippen LogP contribution < -0.4 is 4.74 Å². The molecule has 6 N–H and O–H groups in total. The molecule has 7 rings (SSSR count). The van der Waals surface area contributed by atoms with E-state index in [1.165, 1.54) is 48.5 Å². The summed E-state index contributed by atoms with van der Waals surface area (Å²) in [6.07, 6.45) is 2.06. The second-order valence-electron chi connectivity index (χ2n) is 11.3. The van der Waals surface area contributed by atoms with Crippen molar-refractivity contribution in [3.63, 3.8) is 0 Å². The number of benzene rings is 4. The number of aromatic hydroxyl groups is 6. The molecular formula is C34H26O9.